The van der Waals surface area contributed by atoms with Gasteiger partial charge in [-0.15, -0.1) is 0 Å². The highest BCUT2D eigenvalue weighted by atomic mass is 19.1. The van der Waals surface area contributed by atoms with Crippen LogP contribution < -0.4 is 10.6 Å². The number of halogens is 1. The fourth-order valence-corrected chi connectivity index (χ4v) is 2.37. The van der Waals surface area contributed by atoms with Crippen LogP contribution in [0.1, 0.15) is 15.9 Å². The van der Waals surface area contributed by atoms with E-state index in [-0.39, 0.29) is 23.0 Å². The number of anilines is 3. The molecule has 2 aromatic carbocycles. The Morgan fingerprint density at radius 3 is 2.58 bits per heavy atom. The minimum absolute atomic E-state index is 0.237. The van der Waals surface area contributed by atoms with E-state index in [0.29, 0.717) is 12.1 Å². The van der Waals surface area contributed by atoms with Crippen LogP contribution in [0.2, 0.25) is 0 Å². The molecule has 1 heterocycles. The van der Waals surface area contributed by atoms with Gasteiger partial charge in [0.15, 0.2) is 0 Å². The molecule has 3 aromatic rings. The number of carbonyl (C=O) groups excluding carboxylic acids is 1. The highest BCUT2D eigenvalue weighted by Crippen LogP contribution is 2.22. The van der Waals surface area contributed by atoms with Crippen molar-refractivity contribution >= 4 is 23.1 Å². The molecule has 6 heteroatoms. The zero-order valence-electron chi connectivity index (χ0n) is 13.7. The van der Waals surface area contributed by atoms with Gasteiger partial charge in [-0.25, -0.2) is 9.37 Å². The molecule has 0 spiro atoms. The van der Waals surface area contributed by atoms with Crippen LogP contribution in [0.3, 0.4) is 0 Å². The maximum Gasteiger partial charge on any atom is 0.259 e. The van der Waals surface area contributed by atoms with Crippen LogP contribution in [0.15, 0.2) is 66.9 Å². The van der Waals surface area contributed by atoms with Crippen molar-refractivity contribution in [2.75, 3.05) is 10.6 Å². The molecule has 0 unspecified atom stereocenters. The molecule has 1 aromatic heterocycles. The third-order valence-electron chi connectivity index (χ3n) is 3.67. The summed E-state index contributed by atoms with van der Waals surface area (Å²) in [5, 5.41) is 14.3. The van der Waals surface area contributed by atoms with Crippen LogP contribution in [0.5, 0.6) is 0 Å². The van der Waals surface area contributed by atoms with Gasteiger partial charge in [0.1, 0.15) is 11.6 Å². The first-order valence-corrected chi connectivity index (χ1v) is 7.91. The number of nitriles is 1. The minimum atomic E-state index is -0.433. The summed E-state index contributed by atoms with van der Waals surface area (Å²) < 4.78 is 13.8. The fraction of sp³-hybridized carbons (Fsp3) is 0.0500. The first-order chi connectivity index (χ1) is 12.7. The van der Waals surface area contributed by atoms with Gasteiger partial charge in [-0.1, -0.05) is 24.3 Å². The van der Waals surface area contributed by atoms with Gasteiger partial charge in [0.25, 0.3) is 5.91 Å². The van der Waals surface area contributed by atoms with E-state index in [1.54, 1.807) is 54.6 Å². The average Bonchev–Trinajstić information content (AvgIpc) is 2.66. The summed E-state index contributed by atoms with van der Waals surface area (Å²) in [6.07, 6.45) is 1.84. The molecular weight excluding hydrogens is 331 g/mol. The molecule has 0 atom stereocenters. The lowest BCUT2D eigenvalue weighted by atomic mass is 10.1. The van der Waals surface area contributed by atoms with Gasteiger partial charge in [-0.2, -0.15) is 5.26 Å². The van der Waals surface area contributed by atoms with Crippen molar-refractivity contribution < 1.29 is 9.18 Å². The monoisotopic (exact) mass is 346 g/mol. The Balaban J connectivity index is 1.79. The molecule has 0 saturated carbocycles. The average molecular weight is 346 g/mol. The van der Waals surface area contributed by atoms with Gasteiger partial charge < -0.3 is 10.6 Å². The zero-order chi connectivity index (χ0) is 18.4. The summed E-state index contributed by atoms with van der Waals surface area (Å²) >= 11 is 0. The third-order valence-corrected chi connectivity index (χ3v) is 3.67. The second kappa shape index (κ2) is 7.90. The largest absolute Gasteiger partial charge is 0.337 e. The molecule has 3 rings (SSSR count). The van der Waals surface area contributed by atoms with E-state index in [4.69, 9.17) is 5.26 Å². The smallest absolute Gasteiger partial charge is 0.259 e. The number of aromatic nitrogens is 1. The Labute approximate surface area is 150 Å². The first kappa shape index (κ1) is 17.1. The molecule has 26 heavy (non-hydrogen) atoms. The number of nitrogens with zero attached hydrogens (tertiary/aromatic N) is 2. The molecule has 128 valence electrons. The molecule has 0 aliphatic carbocycles. The van der Waals surface area contributed by atoms with Crippen molar-refractivity contribution in [2.45, 2.75) is 6.42 Å². The molecule has 0 bridgehead atoms. The maximum absolute atomic E-state index is 13.8. The zero-order valence-corrected chi connectivity index (χ0v) is 13.7. The quantitative estimate of drug-likeness (QED) is 0.723. The predicted octanol–water partition coefficient (Wildman–Crippen LogP) is 4.28. The summed E-state index contributed by atoms with van der Waals surface area (Å²) in [5.41, 5.74) is 1.99. The van der Waals surface area contributed by atoms with Gasteiger partial charge in [-0.3, -0.25) is 4.79 Å². The lowest BCUT2D eigenvalue weighted by Gasteiger charge is -2.12. The van der Waals surface area contributed by atoms with Crippen LogP contribution in [0, 0.1) is 17.1 Å². The van der Waals surface area contributed by atoms with Gasteiger partial charge in [-0.05, 0) is 42.0 Å². The summed E-state index contributed by atoms with van der Waals surface area (Å²) in [7, 11) is 0. The molecular formula is C20H15FN4O. The first-order valence-electron chi connectivity index (χ1n) is 7.91. The molecule has 1 amide bonds. The number of rotatable bonds is 5. The summed E-state index contributed by atoms with van der Waals surface area (Å²) in [6.45, 7) is 0. The minimum Gasteiger partial charge on any atom is -0.337 e. The molecule has 0 aliphatic rings. The van der Waals surface area contributed by atoms with Gasteiger partial charge in [0, 0.05) is 11.9 Å². The van der Waals surface area contributed by atoms with Crippen LogP contribution in [0.25, 0.3) is 0 Å². The molecule has 5 nitrogen and oxygen atoms in total. The Morgan fingerprint density at radius 2 is 1.85 bits per heavy atom. The van der Waals surface area contributed by atoms with E-state index in [1.807, 2.05) is 0 Å². The van der Waals surface area contributed by atoms with E-state index in [2.05, 4.69) is 21.7 Å². The molecule has 2 N–H and O–H groups in total. The van der Waals surface area contributed by atoms with Crippen molar-refractivity contribution in [3.8, 4) is 6.07 Å². The maximum atomic E-state index is 13.8. The van der Waals surface area contributed by atoms with Crippen molar-refractivity contribution in [1.82, 2.24) is 4.98 Å². The Morgan fingerprint density at radius 1 is 1.08 bits per heavy atom. The van der Waals surface area contributed by atoms with E-state index >= 15 is 0 Å². The fourth-order valence-electron chi connectivity index (χ4n) is 2.37. The number of amides is 1. The van der Waals surface area contributed by atoms with E-state index < -0.39 is 5.82 Å². The van der Waals surface area contributed by atoms with Crippen LogP contribution in [-0.4, -0.2) is 10.9 Å². The van der Waals surface area contributed by atoms with Gasteiger partial charge in [0.2, 0.25) is 0 Å². The molecule has 0 fully saturated rings. The normalized spacial score (nSPS) is 10.0. The highest BCUT2D eigenvalue weighted by molar-refractivity contribution is 6.07. The van der Waals surface area contributed by atoms with E-state index in [0.717, 1.165) is 5.56 Å². The highest BCUT2D eigenvalue weighted by Gasteiger charge is 2.14. The van der Waals surface area contributed by atoms with Crippen LogP contribution in [0.4, 0.5) is 21.6 Å². The van der Waals surface area contributed by atoms with Crippen molar-refractivity contribution in [2.24, 2.45) is 0 Å². The SMILES string of the molecule is N#CCc1ccc(NC(=O)c2cccnc2Nc2ccccc2F)cc1. The summed E-state index contributed by atoms with van der Waals surface area (Å²) in [4.78, 5) is 16.7. The van der Waals surface area contributed by atoms with Crippen LogP contribution in [-0.2, 0) is 6.42 Å². The van der Waals surface area contributed by atoms with Crippen LogP contribution >= 0.6 is 0 Å². The van der Waals surface area contributed by atoms with Crippen molar-refractivity contribution in [3.63, 3.8) is 0 Å². The molecule has 0 aliphatic heterocycles. The molecule has 0 radical (unpaired) electrons. The van der Waals surface area contributed by atoms with Gasteiger partial charge in [0.05, 0.1) is 23.7 Å². The number of para-hydroxylation sites is 1. The number of benzene rings is 2. The second-order valence-electron chi connectivity index (χ2n) is 5.49. The number of hydrogen-bond donors (Lipinski definition) is 2. The van der Waals surface area contributed by atoms with E-state index in [1.165, 1.54) is 12.3 Å². The number of nitrogens with one attached hydrogen (secondary N) is 2. The van der Waals surface area contributed by atoms with Crippen molar-refractivity contribution in [3.05, 3.63) is 83.8 Å². The standard InChI is InChI=1S/C20H15FN4O/c21-17-5-1-2-6-18(17)25-19-16(4-3-13-23-19)20(26)24-15-9-7-14(8-10-15)11-12-22/h1-10,13H,11H2,(H,23,25)(H,24,26). The lowest BCUT2D eigenvalue weighted by Crippen LogP contribution is -2.14. The summed E-state index contributed by atoms with van der Waals surface area (Å²) in [6, 6.07) is 18.5. The Kier molecular flexibility index (Phi) is 5.20. The van der Waals surface area contributed by atoms with Gasteiger partial charge >= 0.3 is 0 Å². The number of pyridine rings is 1. The van der Waals surface area contributed by atoms with E-state index in [9.17, 15) is 9.18 Å². The Hall–Kier alpha value is -3.72. The third kappa shape index (κ3) is 4.02. The van der Waals surface area contributed by atoms with Crippen molar-refractivity contribution in [1.29, 1.82) is 5.26 Å². The summed E-state index contributed by atoms with van der Waals surface area (Å²) in [5.74, 6) is -0.543. The predicted molar refractivity (Wildman–Crippen MR) is 97.6 cm³/mol. The topological polar surface area (TPSA) is 77.8 Å². The lowest BCUT2D eigenvalue weighted by molar-refractivity contribution is 0.102. The second-order valence-corrected chi connectivity index (χ2v) is 5.49. The Bertz CT molecular complexity index is 964. The molecule has 0 saturated heterocycles. The number of carbonyl (C=O) groups is 1. The number of hydrogen-bond acceptors (Lipinski definition) is 4.